The quantitative estimate of drug-likeness (QED) is 0.744. The average Bonchev–Trinajstić information content (AvgIpc) is 2.98. The van der Waals surface area contributed by atoms with Crippen molar-refractivity contribution in [2.75, 3.05) is 13.1 Å². The minimum absolute atomic E-state index is 0.121. The Morgan fingerprint density at radius 2 is 2.33 bits per heavy atom. The smallest absolute Gasteiger partial charge is 0.323 e. The molecule has 8 heteroatoms. The molecule has 0 saturated heterocycles. The van der Waals surface area contributed by atoms with E-state index >= 15 is 0 Å². The van der Waals surface area contributed by atoms with Gasteiger partial charge in [0.25, 0.3) is 0 Å². The van der Waals surface area contributed by atoms with E-state index in [0.717, 1.165) is 12.8 Å². The van der Waals surface area contributed by atoms with Crippen molar-refractivity contribution >= 4 is 12.0 Å². The van der Waals surface area contributed by atoms with Gasteiger partial charge < -0.3 is 19.8 Å². The van der Waals surface area contributed by atoms with Crippen LogP contribution in [0.15, 0.2) is 10.9 Å². The van der Waals surface area contributed by atoms with Crippen molar-refractivity contribution in [1.82, 2.24) is 20.4 Å². The molecule has 18 heavy (non-hydrogen) atoms. The van der Waals surface area contributed by atoms with Crippen LogP contribution < -0.4 is 5.32 Å². The Bertz CT molecular complexity index is 416. The van der Waals surface area contributed by atoms with Gasteiger partial charge in [0, 0.05) is 6.54 Å². The lowest BCUT2D eigenvalue weighted by molar-refractivity contribution is -0.137. The van der Waals surface area contributed by atoms with E-state index in [1.807, 2.05) is 0 Å². The molecule has 2 N–H and O–H groups in total. The van der Waals surface area contributed by atoms with E-state index in [0.29, 0.717) is 18.3 Å². The van der Waals surface area contributed by atoms with Crippen LogP contribution in [0.25, 0.3) is 0 Å². The number of carboxylic acid groups (broad SMARTS) is 1. The molecule has 8 nitrogen and oxygen atoms in total. The van der Waals surface area contributed by atoms with Crippen molar-refractivity contribution in [3.05, 3.63) is 12.2 Å². The summed E-state index contributed by atoms with van der Waals surface area (Å²) in [6.45, 7) is 0.301. The van der Waals surface area contributed by atoms with E-state index in [-0.39, 0.29) is 13.1 Å². The Kier molecular flexibility index (Phi) is 3.75. The summed E-state index contributed by atoms with van der Waals surface area (Å²) in [5.41, 5.74) is 0. The van der Waals surface area contributed by atoms with Crippen LogP contribution in [-0.2, 0) is 11.3 Å². The molecule has 0 aromatic carbocycles. The number of hydrogen-bond acceptors (Lipinski definition) is 5. The summed E-state index contributed by atoms with van der Waals surface area (Å²) in [4.78, 5) is 27.5. The molecule has 0 unspecified atom stereocenters. The van der Waals surface area contributed by atoms with Gasteiger partial charge in [-0.3, -0.25) is 4.79 Å². The van der Waals surface area contributed by atoms with Crippen molar-refractivity contribution in [1.29, 1.82) is 0 Å². The SMILES string of the molecule is O=C(O)CN(CC1CC1)C(=O)NCc1ncon1. The third-order valence-electron chi connectivity index (χ3n) is 2.59. The van der Waals surface area contributed by atoms with Gasteiger partial charge in [-0.25, -0.2) is 4.79 Å². The molecule has 0 radical (unpaired) electrons. The fourth-order valence-electron chi connectivity index (χ4n) is 1.53. The third kappa shape index (κ3) is 3.72. The lowest BCUT2D eigenvalue weighted by Crippen LogP contribution is -2.43. The Morgan fingerprint density at radius 1 is 1.56 bits per heavy atom. The molecular weight excluding hydrogens is 240 g/mol. The molecule has 2 amide bonds. The number of amides is 2. The second-order valence-electron chi connectivity index (χ2n) is 4.22. The molecule has 0 bridgehead atoms. The normalized spacial score (nSPS) is 14.2. The predicted molar refractivity (Wildman–Crippen MR) is 58.5 cm³/mol. The van der Waals surface area contributed by atoms with Crippen molar-refractivity contribution in [3.63, 3.8) is 0 Å². The molecule has 1 saturated carbocycles. The first-order valence-corrected chi connectivity index (χ1v) is 5.65. The first-order valence-electron chi connectivity index (χ1n) is 5.65. The van der Waals surface area contributed by atoms with Gasteiger partial charge in [0.2, 0.25) is 6.39 Å². The largest absolute Gasteiger partial charge is 0.480 e. The van der Waals surface area contributed by atoms with Gasteiger partial charge >= 0.3 is 12.0 Å². The summed E-state index contributed by atoms with van der Waals surface area (Å²) in [7, 11) is 0. The number of aliphatic carboxylic acids is 1. The highest BCUT2D eigenvalue weighted by molar-refractivity contribution is 5.80. The molecule has 98 valence electrons. The predicted octanol–water partition coefficient (Wildman–Crippen LogP) is 0.0758. The van der Waals surface area contributed by atoms with Gasteiger partial charge in [-0.2, -0.15) is 4.98 Å². The summed E-state index contributed by atoms with van der Waals surface area (Å²) in [6, 6.07) is -0.422. The topological polar surface area (TPSA) is 109 Å². The van der Waals surface area contributed by atoms with Crippen molar-refractivity contribution in [2.45, 2.75) is 19.4 Å². The van der Waals surface area contributed by atoms with Crippen LogP contribution in [0.1, 0.15) is 18.7 Å². The zero-order chi connectivity index (χ0) is 13.0. The molecular formula is C10H14N4O4. The fraction of sp³-hybridized carbons (Fsp3) is 0.600. The number of urea groups is 1. The average molecular weight is 254 g/mol. The van der Waals surface area contributed by atoms with Crippen LogP contribution in [0.3, 0.4) is 0 Å². The number of nitrogens with zero attached hydrogens (tertiary/aromatic N) is 3. The maximum absolute atomic E-state index is 11.8. The Hall–Kier alpha value is -2.12. The Balaban J connectivity index is 1.83. The number of aromatic nitrogens is 2. The van der Waals surface area contributed by atoms with Gasteiger partial charge in [0.05, 0.1) is 6.54 Å². The number of hydrogen-bond donors (Lipinski definition) is 2. The van der Waals surface area contributed by atoms with Crippen LogP contribution in [0.4, 0.5) is 4.79 Å². The first-order chi connectivity index (χ1) is 8.65. The minimum atomic E-state index is -1.02. The van der Waals surface area contributed by atoms with Crippen molar-refractivity contribution in [3.8, 4) is 0 Å². The molecule has 1 fully saturated rings. The van der Waals surface area contributed by atoms with Gasteiger partial charge in [0.1, 0.15) is 6.54 Å². The van der Waals surface area contributed by atoms with Gasteiger partial charge in [0.15, 0.2) is 5.82 Å². The second-order valence-corrected chi connectivity index (χ2v) is 4.22. The number of carboxylic acids is 1. The third-order valence-corrected chi connectivity index (χ3v) is 2.59. The molecule has 2 rings (SSSR count). The highest BCUT2D eigenvalue weighted by Gasteiger charge is 2.27. The molecule has 1 aromatic rings. The summed E-state index contributed by atoms with van der Waals surface area (Å²) >= 11 is 0. The molecule has 1 aliphatic carbocycles. The van der Waals surface area contributed by atoms with E-state index in [1.165, 1.54) is 11.3 Å². The Labute approximate surface area is 103 Å². The number of carbonyl (C=O) groups is 2. The van der Waals surface area contributed by atoms with Crippen LogP contribution in [0.2, 0.25) is 0 Å². The monoisotopic (exact) mass is 254 g/mol. The maximum atomic E-state index is 11.8. The number of nitrogens with one attached hydrogen (secondary N) is 1. The zero-order valence-corrected chi connectivity index (χ0v) is 9.70. The lowest BCUT2D eigenvalue weighted by atomic mass is 10.3. The van der Waals surface area contributed by atoms with Crippen LogP contribution in [0, 0.1) is 5.92 Å². The summed E-state index contributed by atoms with van der Waals surface area (Å²) in [6.07, 6.45) is 3.27. The second kappa shape index (κ2) is 5.48. The first kappa shape index (κ1) is 12.3. The van der Waals surface area contributed by atoms with Crippen LogP contribution in [-0.4, -0.2) is 45.2 Å². The van der Waals surface area contributed by atoms with E-state index in [9.17, 15) is 9.59 Å². The standard InChI is InChI=1S/C10H14N4O4/c15-9(16)5-14(4-7-1-2-7)10(17)11-3-8-12-6-18-13-8/h6-7H,1-5H2,(H,11,17)(H,15,16). The molecule has 0 aliphatic heterocycles. The Morgan fingerprint density at radius 3 is 2.89 bits per heavy atom. The van der Waals surface area contributed by atoms with Crippen molar-refractivity contribution < 1.29 is 19.2 Å². The highest BCUT2D eigenvalue weighted by Crippen LogP contribution is 2.29. The molecule has 1 aliphatic rings. The molecule has 1 heterocycles. The van der Waals surface area contributed by atoms with Crippen LogP contribution >= 0.6 is 0 Å². The van der Waals surface area contributed by atoms with Crippen LogP contribution in [0.5, 0.6) is 0 Å². The summed E-state index contributed by atoms with van der Waals surface area (Å²) in [5.74, 6) is -0.240. The number of rotatable bonds is 6. The highest BCUT2D eigenvalue weighted by atomic mass is 16.5. The maximum Gasteiger partial charge on any atom is 0.323 e. The molecule has 0 atom stereocenters. The van der Waals surface area contributed by atoms with E-state index in [4.69, 9.17) is 5.11 Å². The molecule has 1 aromatic heterocycles. The van der Waals surface area contributed by atoms with Crippen molar-refractivity contribution in [2.24, 2.45) is 5.92 Å². The lowest BCUT2D eigenvalue weighted by Gasteiger charge is -2.20. The fourth-order valence-corrected chi connectivity index (χ4v) is 1.53. The summed E-state index contributed by atoms with van der Waals surface area (Å²) in [5, 5.41) is 14.9. The zero-order valence-electron chi connectivity index (χ0n) is 9.70. The minimum Gasteiger partial charge on any atom is -0.480 e. The van der Waals surface area contributed by atoms with Gasteiger partial charge in [-0.1, -0.05) is 5.16 Å². The van der Waals surface area contributed by atoms with E-state index in [1.54, 1.807) is 0 Å². The summed E-state index contributed by atoms with van der Waals surface area (Å²) < 4.78 is 4.53. The molecule has 0 spiro atoms. The van der Waals surface area contributed by atoms with Gasteiger partial charge in [-0.15, -0.1) is 0 Å². The van der Waals surface area contributed by atoms with E-state index < -0.39 is 12.0 Å². The van der Waals surface area contributed by atoms with Gasteiger partial charge in [-0.05, 0) is 18.8 Å². The van der Waals surface area contributed by atoms with E-state index in [2.05, 4.69) is 20.0 Å². The number of carbonyl (C=O) groups excluding carboxylic acids is 1.